The molecule has 2 rings (SSSR count). The highest BCUT2D eigenvalue weighted by Gasteiger charge is 2.41. The van der Waals surface area contributed by atoms with Gasteiger partial charge >= 0.3 is 6.18 Å². The van der Waals surface area contributed by atoms with Crippen molar-refractivity contribution in [3.05, 3.63) is 33.9 Å². The molecule has 7 nitrogen and oxygen atoms in total. The Balaban J connectivity index is 0.00000338. The molecule has 0 unspecified atom stereocenters. The summed E-state index contributed by atoms with van der Waals surface area (Å²) < 4.78 is 66.0. The van der Waals surface area contributed by atoms with Crippen LogP contribution >= 0.6 is 12.4 Å². The molecule has 0 bridgehead atoms. The van der Waals surface area contributed by atoms with Crippen molar-refractivity contribution >= 4 is 28.1 Å². The van der Waals surface area contributed by atoms with Crippen LogP contribution in [0.4, 0.5) is 18.9 Å². The Morgan fingerprint density at radius 3 is 2.35 bits per heavy atom. The number of sulfonamides is 1. The third-order valence-corrected chi connectivity index (χ3v) is 6.12. The zero-order chi connectivity index (χ0) is 18.8. The molecule has 1 aromatic carbocycles. The second-order valence-electron chi connectivity index (χ2n) is 5.84. The van der Waals surface area contributed by atoms with Gasteiger partial charge in [0.25, 0.3) is 5.69 Å². The fourth-order valence-electron chi connectivity index (χ4n) is 2.86. The highest BCUT2D eigenvalue weighted by Crippen LogP contribution is 2.38. The van der Waals surface area contributed by atoms with Gasteiger partial charge in [-0.25, -0.2) is 8.42 Å². The minimum atomic E-state index is -5.02. The van der Waals surface area contributed by atoms with E-state index in [0.717, 1.165) is 10.4 Å². The largest absolute Gasteiger partial charge is 0.417 e. The molecule has 0 atom stereocenters. The number of nitrogens with one attached hydrogen (secondary N) is 1. The number of nitrogens with zero attached hydrogens (tertiary/aromatic N) is 2. The molecule has 1 aliphatic rings. The molecule has 12 heteroatoms. The number of non-ortho nitro benzene ring substituents is 1. The van der Waals surface area contributed by atoms with E-state index in [0.29, 0.717) is 25.5 Å². The predicted molar refractivity (Wildman–Crippen MR) is 90.8 cm³/mol. The van der Waals surface area contributed by atoms with Crippen molar-refractivity contribution in [3.8, 4) is 0 Å². The Kier molecular flexibility index (Phi) is 7.40. The molecule has 1 aromatic rings. The zero-order valence-electron chi connectivity index (χ0n) is 13.8. The van der Waals surface area contributed by atoms with Crippen molar-refractivity contribution < 1.29 is 26.5 Å². The number of nitro benzene ring substituents is 1. The first-order chi connectivity index (χ1) is 11.6. The lowest BCUT2D eigenvalue weighted by Gasteiger charge is -2.31. The van der Waals surface area contributed by atoms with E-state index in [1.165, 1.54) is 0 Å². The van der Waals surface area contributed by atoms with Crippen molar-refractivity contribution in [2.45, 2.75) is 23.9 Å². The Morgan fingerprint density at radius 2 is 1.88 bits per heavy atom. The molecule has 0 amide bonds. The average Bonchev–Trinajstić information content (AvgIpc) is 2.54. The first-order valence-corrected chi connectivity index (χ1v) is 9.01. The Bertz CT molecular complexity index is 750. The quantitative estimate of drug-likeness (QED) is 0.587. The van der Waals surface area contributed by atoms with Gasteiger partial charge in [-0.2, -0.15) is 17.5 Å². The van der Waals surface area contributed by atoms with Crippen LogP contribution in [0.15, 0.2) is 23.1 Å². The number of rotatable bonds is 5. The van der Waals surface area contributed by atoms with Crippen molar-refractivity contribution in [2.75, 3.05) is 26.7 Å². The lowest BCUT2D eigenvalue weighted by atomic mass is 9.98. The number of alkyl halides is 3. The van der Waals surface area contributed by atoms with Gasteiger partial charge < -0.3 is 5.32 Å². The molecular weight excluding hydrogens is 399 g/mol. The predicted octanol–water partition coefficient (Wildman–Crippen LogP) is 2.66. The van der Waals surface area contributed by atoms with Gasteiger partial charge in [0.1, 0.15) is 0 Å². The van der Waals surface area contributed by atoms with Crippen LogP contribution in [-0.4, -0.2) is 44.3 Å². The van der Waals surface area contributed by atoms with E-state index in [-0.39, 0.29) is 37.5 Å². The second-order valence-corrected chi connectivity index (χ2v) is 7.75. The van der Waals surface area contributed by atoms with Crippen LogP contribution in [-0.2, 0) is 16.2 Å². The van der Waals surface area contributed by atoms with Crippen molar-refractivity contribution in [1.29, 1.82) is 0 Å². The standard InChI is InChI=1S/C14H18F3N3O4S.ClH/c1-18-9-10-4-6-19(7-5-10)25(23,24)13-3-2-11(20(21)22)8-12(13)14(15,16)17;/h2-3,8,10,18H,4-7,9H2,1H3;1H. The van der Waals surface area contributed by atoms with Gasteiger partial charge in [0, 0.05) is 25.2 Å². The van der Waals surface area contributed by atoms with Crippen LogP contribution < -0.4 is 5.32 Å². The molecule has 1 fully saturated rings. The van der Waals surface area contributed by atoms with E-state index >= 15 is 0 Å². The summed E-state index contributed by atoms with van der Waals surface area (Å²) >= 11 is 0. The van der Waals surface area contributed by atoms with Crippen LogP contribution in [0.3, 0.4) is 0 Å². The van der Waals surface area contributed by atoms with Crippen LogP contribution in [0.25, 0.3) is 0 Å². The molecule has 148 valence electrons. The Hall–Kier alpha value is -1.43. The van der Waals surface area contributed by atoms with E-state index in [2.05, 4.69) is 5.32 Å². The van der Waals surface area contributed by atoms with Crippen molar-refractivity contribution in [3.63, 3.8) is 0 Å². The molecule has 0 spiro atoms. The maximum absolute atomic E-state index is 13.2. The summed E-state index contributed by atoms with van der Waals surface area (Å²) in [4.78, 5) is 8.78. The van der Waals surface area contributed by atoms with E-state index < -0.39 is 37.3 Å². The molecule has 1 saturated heterocycles. The molecule has 1 heterocycles. The molecule has 0 aromatic heterocycles. The average molecular weight is 418 g/mol. The lowest BCUT2D eigenvalue weighted by molar-refractivity contribution is -0.385. The SMILES string of the molecule is CNCC1CCN(S(=O)(=O)c2ccc([N+](=O)[O-])cc2C(F)(F)F)CC1.Cl. The summed E-state index contributed by atoms with van der Waals surface area (Å²) in [6.07, 6.45) is -3.94. The summed E-state index contributed by atoms with van der Waals surface area (Å²) in [5.74, 6) is 0.260. The van der Waals surface area contributed by atoms with Gasteiger partial charge in [0.05, 0.1) is 15.4 Å². The summed E-state index contributed by atoms with van der Waals surface area (Å²) in [5, 5.41) is 13.7. The van der Waals surface area contributed by atoms with Crippen LogP contribution in [0, 0.1) is 16.0 Å². The summed E-state index contributed by atoms with van der Waals surface area (Å²) in [6, 6.07) is 1.70. The maximum atomic E-state index is 13.2. The highest BCUT2D eigenvalue weighted by molar-refractivity contribution is 7.89. The number of benzene rings is 1. The molecule has 0 aliphatic carbocycles. The molecule has 0 radical (unpaired) electrons. The topological polar surface area (TPSA) is 92.6 Å². The van der Waals surface area contributed by atoms with Gasteiger partial charge in [0.2, 0.25) is 10.0 Å². The first-order valence-electron chi connectivity index (χ1n) is 7.57. The number of piperidine rings is 1. The minimum absolute atomic E-state index is 0. The van der Waals surface area contributed by atoms with Crippen LogP contribution in [0.2, 0.25) is 0 Å². The third-order valence-electron chi connectivity index (χ3n) is 4.16. The maximum Gasteiger partial charge on any atom is 0.417 e. The monoisotopic (exact) mass is 417 g/mol. The summed E-state index contributed by atoms with van der Waals surface area (Å²) in [7, 11) is -2.61. The number of nitro groups is 1. The van der Waals surface area contributed by atoms with Gasteiger partial charge in [-0.15, -0.1) is 12.4 Å². The molecule has 1 aliphatic heterocycles. The van der Waals surface area contributed by atoms with E-state index in [9.17, 15) is 31.7 Å². The van der Waals surface area contributed by atoms with Gasteiger partial charge in [-0.3, -0.25) is 10.1 Å². The van der Waals surface area contributed by atoms with Gasteiger partial charge in [-0.1, -0.05) is 0 Å². The fraction of sp³-hybridized carbons (Fsp3) is 0.571. The number of hydrogen-bond donors (Lipinski definition) is 1. The second kappa shape index (κ2) is 8.51. The molecule has 1 N–H and O–H groups in total. The van der Waals surface area contributed by atoms with E-state index in [1.54, 1.807) is 7.05 Å². The minimum Gasteiger partial charge on any atom is -0.319 e. The molecular formula is C14H19ClF3N3O4S. The van der Waals surface area contributed by atoms with Gasteiger partial charge in [-0.05, 0) is 38.4 Å². The molecule has 0 saturated carbocycles. The van der Waals surface area contributed by atoms with Crippen molar-refractivity contribution in [1.82, 2.24) is 9.62 Å². The Labute approximate surface area is 155 Å². The summed E-state index contributed by atoms with van der Waals surface area (Å²) in [6.45, 7) is 0.936. The molecule has 26 heavy (non-hydrogen) atoms. The third kappa shape index (κ3) is 4.84. The van der Waals surface area contributed by atoms with Crippen molar-refractivity contribution in [2.24, 2.45) is 5.92 Å². The van der Waals surface area contributed by atoms with Crippen LogP contribution in [0.5, 0.6) is 0 Å². The number of halogens is 4. The van der Waals surface area contributed by atoms with E-state index in [4.69, 9.17) is 0 Å². The van der Waals surface area contributed by atoms with Crippen LogP contribution in [0.1, 0.15) is 18.4 Å². The Morgan fingerprint density at radius 1 is 1.31 bits per heavy atom. The normalized spacial score (nSPS) is 16.9. The van der Waals surface area contributed by atoms with Gasteiger partial charge in [0.15, 0.2) is 0 Å². The smallest absolute Gasteiger partial charge is 0.319 e. The zero-order valence-corrected chi connectivity index (χ0v) is 15.5. The first kappa shape index (κ1) is 22.6. The fourth-order valence-corrected chi connectivity index (χ4v) is 4.52. The number of hydrogen-bond acceptors (Lipinski definition) is 5. The highest BCUT2D eigenvalue weighted by atomic mass is 35.5. The van der Waals surface area contributed by atoms with E-state index in [1.807, 2.05) is 0 Å². The lowest BCUT2D eigenvalue weighted by Crippen LogP contribution is -2.40. The summed E-state index contributed by atoms with van der Waals surface area (Å²) in [5.41, 5.74) is -2.32.